The Morgan fingerprint density at radius 2 is 1.95 bits per heavy atom. The molecule has 2 heterocycles. The van der Waals surface area contributed by atoms with Gasteiger partial charge in [0.25, 0.3) is 0 Å². The topological polar surface area (TPSA) is 116 Å². The average Bonchev–Trinajstić information content (AvgIpc) is 2.78. The number of nitrogens with zero attached hydrogens (tertiary/aromatic N) is 4. The van der Waals surface area contributed by atoms with Crippen LogP contribution in [0.1, 0.15) is 11.7 Å². The first kappa shape index (κ1) is 15.7. The molecule has 0 aliphatic carbocycles. The first-order valence-electron chi connectivity index (χ1n) is 5.76. The average molecular weight is 317 g/mol. The van der Waals surface area contributed by atoms with Gasteiger partial charge in [0.05, 0.1) is 6.20 Å². The summed E-state index contributed by atoms with van der Waals surface area (Å²) in [5, 5.41) is 12.9. The van der Waals surface area contributed by atoms with Gasteiger partial charge in [-0.3, -0.25) is 0 Å². The lowest BCUT2D eigenvalue weighted by Crippen LogP contribution is -2.20. The maximum Gasteiger partial charge on any atom is 0.418 e. The highest BCUT2D eigenvalue weighted by molar-refractivity contribution is 5.71. The molecule has 0 bridgehead atoms. The van der Waals surface area contributed by atoms with Crippen molar-refractivity contribution >= 4 is 6.09 Å². The molecule has 2 rings (SSSR count). The Labute approximate surface area is 121 Å². The van der Waals surface area contributed by atoms with Crippen molar-refractivity contribution in [3.05, 3.63) is 24.2 Å². The summed E-state index contributed by atoms with van der Waals surface area (Å²) >= 11 is 0. The summed E-state index contributed by atoms with van der Waals surface area (Å²) in [6, 6.07) is 0. The van der Waals surface area contributed by atoms with Gasteiger partial charge in [0, 0.05) is 25.0 Å². The highest BCUT2D eigenvalue weighted by Gasteiger charge is 2.39. The molecule has 2 aromatic heterocycles. The second kappa shape index (κ2) is 5.60. The SMILES string of the molecule is Cn1ncc(-c2ncc(C(O)C(F)(F)F)cn2)c1OC(N)=O. The number of alkyl halides is 3. The van der Waals surface area contributed by atoms with E-state index in [4.69, 9.17) is 15.6 Å². The third-order valence-electron chi connectivity index (χ3n) is 2.62. The highest BCUT2D eigenvalue weighted by Crippen LogP contribution is 2.32. The van der Waals surface area contributed by atoms with E-state index in [9.17, 15) is 18.0 Å². The van der Waals surface area contributed by atoms with Gasteiger partial charge in [-0.1, -0.05) is 0 Å². The summed E-state index contributed by atoms with van der Waals surface area (Å²) in [4.78, 5) is 18.2. The summed E-state index contributed by atoms with van der Waals surface area (Å²) in [5.74, 6) is -0.0981. The van der Waals surface area contributed by atoms with Crippen LogP contribution < -0.4 is 10.5 Å². The first-order chi connectivity index (χ1) is 10.2. The number of ether oxygens (including phenoxy) is 1. The third kappa shape index (κ3) is 3.14. The van der Waals surface area contributed by atoms with Crippen LogP contribution in [-0.4, -0.2) is 37.1 Å². The number of halogens is 3. The fourth-order valence-electron chi connectivity index (χ4n) is 1.60. The predicted molar refractivity (Wildman–Crippen MR) is 65.5 cm³/mol. The predicted octanol–water partition coefficient (Wildman–Crippen LogP) is 0.930. The molecule has 2 aromatic rings. The van der Waals surface area contributed by atoms with Crippen LogP contribution in [0.3, 0.4) is 0 Å². The summed E-state index contributed by atoms with van der Waals surface area (Å²) in [5.41, 5.74) is 4.56. The number of primary amides is 1. The smallest absolute Gasteiger partial charge is 0.391 e. The third-order valence-corrected chi connectivity index (χ3v) is 2.62. The summed E-state index contributed by atoms with van der Waals surface area (Å²) in [7, 11) is 1.46. The van der Waals surface area contributed by atoms with Gasteiger partial charge in [-0.05, 0) is 0 Å². The number of nitrogens with two attached hydrogens (primary N) is 1. The molecule has 3 N–H and O–H groups in total. The van der Waals surface area contributed by atoms with Gasteiger partial charge in [-0.15, -0.1) is 0 Å². The van der Waals surface area contributed by atoms with Gasteiger partial charge in [-0.25, -0.2) is 19.4 Å². The number of aliphatic hydroxyl groups excluding tert-OH is 1. The molecule has 1 amide bonds. The molecule has 0 radical (unpaired) electrons. The van der Waals surface area contributed by atoms with Gasteiger partial charge in [0.15, 0.2) is 11.9 Å². The zero-order valence-corrected chi connectivity index (χ0v) is 11.1. The van der Waals surface area contributed by atoms with Gasteiger partial charge < -0.3 is 15.6 Å². The molecule has 0 aliphatic rings. The Kier molecular flexibility index (Phi) is 3.99. The van der Waals surface area contributed by atoms with Crippen LogP contribution in [0.15, 0.2) is 18.6 Å². The van der Waals surface area contributed by atoms with Crippen LogP contribution >= 0.6 is 0 Å². The molecule has 11 heteroatoms. The molecule has 1 unspecified atom stereocenters. The lowest BCUT2D eigenvalue weighted by molar-refractivity contribution is -0.206. The molecule has 0 saturated heterocycles. The van der Waals surface area contributed by atoms with Crippen molar-refractivity contribution in [2.75, 3.05) is 0 Å². The molecule has 0 aromatic carbocycles. The van der Waals surface area contributed by atoms with Crippen molar-refractivity contribution in [1.82, 2.24) is 19.7 Å². The minimum atomic E-state index is -4.82. The van der Waals surface area contributed by atoms with Crippen molar-refractivity contribution in [2.45, 2.75) is 12.3 Å². The number of carbonyl (C=O) groups excluding carboxylic acids is 1. The molecule has 1 atom stereocenters. The van der Waals surface area contributed by atoms with Crippen LogP contribution in [0.5, 0.6) is 5.88 Å². The number of amides is 1. The van der Waals surface area contributed by atoms with Gasteiger partial charge >= 0.3 is 12.3 Å². The molecule has 22 heavy (non-hydrogen) atoms. The van der Waals surface area contributed by atoms with Crippen molar-refractivity contribution in [3.8, 4) is 17.3 Å². The minimum absolute atomic E-state index is 0.0394. The maximum absolute atomic E-state index is 12.4. The van der Waals surface area contributed by atoms with Crippen LogP contribution in [0.4, 0.5) is 18.0 Å². The number of rotatable bonds is 3. The van der Waals surface area contributed by atoms with Gasteiger partial charge in [0.2, 0.25) is 5.88 Å². The number of aromatic nitrogens is 4. The minimum Gasteiger partial charge on any atom is -0.391 e. The molecule has 0 spiro atoms. The lowest BCUT2D eigenvalue weighted by atomic mass is 10.2. The van der Waals surface area contributed by atoms with Crippen LogP contribution in [0.2, 0.25) is 0 Å². The lowest BCUT2D eigenvalue weighted by Gasteiger charge is -2.14. The first-order valence-corrected chi connectivity index (χ1v) is 5.76. The fraction of sp³-hybridized carbons (Fsp3) is 0.273. The van der Waals surface area contributed by atoms with E-state index in [2.05, 4.69) is 15.1 Å². The van der Waals surface area contributed by atoms with Crippen molar-refractivity contribution in [3.63, 3.8) is 0 Å². The summed E-state index contributed by atoms with van der Waals surface area (Å²) < 4.78 is 43.1. The number of carbonyl (C=O) groups is 1. The number of hydrogen-bond donors (Lipinski definition) is 2. The molecular weight excluding hydrogens is 307 g/mol. The zero-order chi connectivity index (χ0) is 16.5. The van der Waals surface area contributed by atoms with E-state index < -0.39 is 23.9 Å². The molecule has 8 nitrogen and oxygen atoms in total. The number of aliphatic hydroxyl groups is 1. The van der Waals surface area contributed by atoms with E-state index in [0.717, 1.165) is 12.4 Å². The normalized spacial score (nSPS) is 13.0. The second-order valence-corrected chi connectivity index (χ2v) is 4.19. The monoisotopic (exact) mass is 317 g/mol. The quantitative estimate of drug-likeness (QED) is 0.870. The summed E-state index contributed by atoms with van der Waals surface area (Å²) in [6.45, 7) is 0. The molecule has 118 valence electrons. The zero-order valence-electron chi connectivity index (χ0n) is 11.1. The largest absolute Gasteiger partial charge is 0.418 e. The van der Waals surface area contributed by atoms with E-state index in [1.54, 1.807) is 0 Å². The van der Waals surface area contributed by atoms with Gasteiger partial charge in [0.1, 0.15) is 5.56 Å². The Bertz CT molecular complexity index is 683. The number of aryl methyl sites for hydroxylation is 1. The van der Waals surface area contributed by atoms with E-state index in [0.29, 0.717) is 0 Å². The van der Waals surface area contributed by atoms with Crippen molar-refractivity contribution in [2.24, 2.45) is 12.8 Å². The van der Waals surface area contributed by atoms with Crippen LogP contribution in [-0.2, 0) is 7.05 Å². The van der Waals surface area contributed by atoms with E-state index >= 15 is 0 Å². The molecule has 0 saturated carbocycles. The Morgan fingerprint density at radius 1 is 1.36 bits per heavy atom. The summed E-state index contributed by atoms with van der Waals surface area (Å²) in [6.07, 6.45) is -5.69. The second-order valence-electron chi connectivity index (χ2n) is 4.19. The van der Waals surface area contributed by atoms with Crippen molar-refractivity contribution < 1.29 is 27.8 Å². The molecular formula is C11H10F3N5O3. The van der Waals surface area contributed by atoms with Gasteiger partial charge in [-0.2, -0.15) is 18.3 Å². The molecule has 0 fully saturated rings. The Balaban J connectivity index is 2.34. The number of hydrogen-bond acceptors (Lipinski definition) is 6. The van der Waals surface area contributed by atoms with Crippen molar-refractivity contribution in [1.29, 1.82) is 0 Å². The Morgan fingerprint density at radius 3 is 2.45 bits per heavy atom. The molecule has 0 aliphatic heterocycles. The van der Waals surface area contributed by atoms with Crippen LogP contribution in [0.25, 0.3) is 11.4 Å². The Hall–Kier alpha value is -2.69. The maximum atomic E-state index is 12.4. The fourth-order valence-corrected chi connectivity index (χ4v) is 1.60. The van der Waals surface area contributed by atoms with E-state index in [1.807, 2.05) is 0 Å². The highest BCUT2D eigenvalue weighted by atomic mass is 19.4. The van der Waals surface area contributed by atoms with E-state index in [1.165, 1.54) is 17.9 Å². The van der Waals surface area contributed by atoms with Crippen LogP contribution in [0, 0.1) is 0 Å². The standard InChI is InChI=1S/C11H10F3N5O3/c1-19-9(22-10(15)21)6(4-18-19)8-16-2-5(3-17-8)7(20)11(12,13)14/h2-4,7,20H,1H3,(H2,15,21). The van der Waals surface area contributed by atoms with E-state index in [-0.39, 0.29) is 17.3 Å².